The van der Waals surface area contributed by atoms with Gasteiger partial charge in [-0.3, -0.25) is 0 Å². The second kappa shape index (κ2) is 5.89. The van der Waals surface area contributed by atoms with Crippen LogP contribution in [0.3, 0.4) is 0 Å². The molecular formula is C11H24N2O. The van der Waals surface area contributed by atoms with Crippen LogP contribution in [0.2, 0.25) is 0 Å². The Morgan fingerprint density at radius 3 is 1.86 bits per heavy atom. The molecule has 0 bridgehead atoms. The minimum atomic E-state index is -0.0504. The number of amides is 2. The molecule has 2 amide bonds. The van der Waals surface area contributed by atoms with Crippen molar-refractivity contribution in [3.63, 3.8) is 0 Å². The van der Waals surface area contributed by atoms with Gasteiger partial charge in [0.2, 0.25) is 0 Å². The number of urea groups is 1. The van der Waals surface area contributed by atoms with Crippen LogP contribution in [-0.4, -0.2) is 17.6 Å². The van der Waals surface area contributed by atoms with Gasteiger partial charge in [-0.05, 0) is 33.1 Å². The maximum absolute atomic E-state index is 11.5. The number of carbonyl (C=O) groups excluding carboxylic acids is 1. The Bertz CT molecular complexity index is 166. The van der Waals surface area contributed by atoms with Crippen LogP contribution in [0, 0.1) is 0 Å². The van der Waals surface area contributed by atoms with Crippen molar-refractivity contribution < 1.29 is 4.79 Å². The van der Waals surface area contributed by atoms with Crippen molar-refractivity contribution >= 4 is 6.03 Å². The normalized spacial score (nSPS) is 11.6. The average Bonchev–Trinajstić information content (AvgIpc) is 2.13. The highest BCUT2D eigenvalue weighted by molar-refractivity contribution is 5.75. The summed E-state index contributed by atoms with van der Waals surface area (Å²) >= 11 is 0. The Morgan fingerprint density at radius 2 is 1.57 bits per heavy atom. The van der Waals surface area contributed by atoms with Crippen LogP contribution in [-0.2, 0) is 0 Å². The summed E-state index contributed by atoms with van der Waals surface area (Å²) in [4.78, 5) is 11.5. The molecule has 0 aromatic rings. The van der Waals surface area contributed by atoms with Gasteiger partial charge in [0.25, 0.3) is 0 Å². The average molecular weight is 200 g/mol. The van der Waals surface area contributed by atoms with E-state index < -0.39 is 0 Å². The SMILES string of the molecule is CCC(CC)(CC)NC(=O)NC(C)C. The topological polar surface area (TPSA) is 41.1 Å². The first-order valence-corrected chi connectivity index (χ1v) is 5.58. The summed E-state index contributed by atoms with van der Waals surface area (Å²) in [6.07, 6.45) is 2.93. The first-order chi connectivity index (χ1) is 6.49. The molecule has 84 valence electrons. The van der Waals surface area contributed by atoms with E-state index in [4.69, 9.17) is 0 Å². The summed E-state index contributed by atoms with van der Waals surface area (Å²) in [5, 5.41) is 5.91. The van der Waals surface area contributed by atoms with Crippen molar-refractivity contribution in [1.29, 1.82) is 0 Å². The third kappa shape index (κ3) is 3.99. The number of nitrogens with one attached hydrogen (secondary N) is 2. The standard InChI is InChI=1S/C11H24N2O/c1-6-11(7-2,8-3)13-10(14)12-9(4)5/h9H,6-8H2,1-5H3,(H2,12,13,14). The summed E-state index contributed by atoms with van der Waals surface area (Å²) in [5.74, 6) is 0. The van der Waals surface area contributed by atoms with E-state index in [0.29, 0.717) is 0 Å². The summed E-state index contributed by atoms with van der Waals surface area (Å²) in [7, 11) is 0. The van der Waals surface area contributed by atoms with Gasteiger partial charge in [-0.1, -0.05) is 20.8 Å². The molecule has 0 heterocycles. The maximum atomic E-state index is 11.5. The van der Waals surface area contributed by atoms with Gasteiger partial charge >= 0.3 is 6.03 Å². The zero-order chi connectivity index (χ0) is 11.2. The van der Waals surface area contributed by atoms with Crippen molar-refractivity contribution in [3.8, 4) is 0 Å². The Morgan fingerprint density at radius 1 is 1.14 bits per heavy atom. The highest BCUT2D eigenvalue weighted by Gasteiger charge is 2.25. The molecule has 0 aliphatic carbocycles. The van der Waals surface area contributed by atoms with Crippen LogP contribution < -0.4 is 10.6 Å². The molecule has 0 fully saturated rings. The molecule has 3 heteroatoms. The fourth-order valence-corrected chi connectivity index (χ4v) is 1.55. The summed E-state index contributed by atoms with van der Waals surface area (Å²) in [5.41, 5.74) is -0.0288. The largest absolute Gasteiger partial charge is 0.336 e. The van der Waals surface area contributed by atoms with Crippen LogP contribution in [0.5, 0.6) is 0 Å². The molecule has 0 saturated carbocycles. The van der Waals surface area contributed by atoms with E-state index in [0.717, 1.165) is 19.3 Å². The van der Waals surface area contributed by atoms with Crippen LogP contribution in [0.25, 0.3) is 0 Å². The van der Waals surface area contributed by atoms with Gasteiger partial charge in [-0.2, -0.15) is 0 Å². The molecule has 0 aromatic carbocycles. The zero-order valence-corrected chi connectivity index (χ0v) is 10.1. The molecule has 14 heavy (non-hydrogen) atoms. The molecule has 0 spiro atoms. The Kier molecular flexibility index (Phi) is 5.58. The first kappa shape index (κ1) is 13.3. The minimum Gasteiger partial charge on any atom is -0.336 e. The van der Waals surface area contributed by atoms with E-state index in [2.05, 4.69) is 31.4 Å². The molecule has 0 aliphatic heterocycles. The molecule has 0 aromatic heterocycles. The predicted octanol–water partition coefficient (Wildman–Crippen LogP) is 2.66. The van der Waals surface area contributed by atoms with Gasteiger partial charge in [0.15, 0.2) is 0 Å². The number of rotatable bonds is 5. The first-order valence-electron chi connectivity index (χ1n) is 5.58. The van der Waals surface area contributed by atoms with Gasteiger partial charge < -0.3 is 10.6 Å². The molecule has 0 saturated heterocycles. The molecule has 0 rings (SSSR count). The van der Waals surface area contributed by atoms with Crippen molar-refractivity contribution in [2.75, 3.05) is 0 Å². The zero-order valence-electron chi connectivity index (χ0n) is 10.1. The van der Waals surface area contributed by atoms with Crippen molar-refractivity contribution in [3.05, 3.63) is 0 Å². The van der Waals surface area contributed by atoms with Gasteiger partial charge in [0, 0.05) is 11.6 Å². The third-order valence-electron chi connectivity index (χ3n) is 2.83. The van der Waals surface area contributed by atoms with Crippen LogP contribution in [0.1, 0.15) is 53.9 Å². The smallest absolute Gasteiger partial charge is 0.315 e. The second-order valence-corrected chi connectivity index (χ2v) is 4.09. The van der Waals surface area contributed by atoms with E-state index in [9.17, 15) is 4.79 Å². The van der Waals surface area contributed by atoms with Crippen LogP contribution in [0.4, 0.5) is 4.79 Å². The lowest BCUT2D eigenvalue weighted by Crippen LogP contribution is -2.52. The Hall–Kier alpha value is -0.730. The minimum absolute atomic E-state index is 0.0288. The highest BCUT2D eigenvalue weighted by Crippen LogP contribution is 2.18. The van der Waals surface area contributed by atoms with E-state index >= 15 is 0 Å². The van der Waals surface area contributed by atoms with Crippen molar-refractivity contribution in [2.45, 2.75) is 65.5 Å². The van der Waals surface area contributed by atoms with E-state index in [1.807, 2.05) is 13.8 Å². The Balaban J connectivity index is 4.22. The quantitative estimate of drug-likeness (QED) is 0.704. The third-order valence-corrected chi connectivity index (χ3v) is 2.83. The number of hydrogen-bond donors (Lipinski definition) is 2. The Labute approximate surface area is 87.6 Å². The molecule has 2 N–H and O–H groups in total. The van der Waals surface area contributed by atoms with Crippen molar-refractivity contribution in [1.82, 2.24) is 10.6 Å². The fourth-order valence-electron chi connectivity index (χ4n) is 1.55. The molecule has 0 unspecified atom stereocenters. The highest BCUT2D eigenvalue weighted by atomic mass is 16.2. The fraction of sp³-hybridized carbons (Fsp3) is 0.909. The van der Waals surface area contributed by atoms with Gasteiger partial charge in [0.1, 0.15) is 0 Å². The van der Waals surface area contributed by atoms with Crippen LogP contribution >= 0.6 is 0 Å². The van der Waals surface area contributed by atoms with Gasteiger partial charge in [-0.25, -0.2) is 4.79 Å². The summed E-state index contributed by atoms with van der Waals surface area (Å²) in [6, 6.07) is 0.142. The lowest BCUT2D eigenvalue weighted by molar-refractivity contribution is 0.215. The van der Waals surface area contributed by atoms with Gasteiger partial charge in [-0.15, -0.1) is 0 Å². The number of carbonyl (C=O) groups is 1. The monoisotopic (exact) mass is 200 g/mol. The van der Waals surface area contributed by atoms with Crippen LogP contribution in [0.15, 0.2) is 0 Å². The van der Waals surface area contributed by atoms with E-state index in [1.165, 1.54) is 0 Å². The summed E-state index contributed by atoms with van der Waals surface area (Å²) in [6.45, 7) is 10.3. The lowest BCUT2D eigenvalue weighted by Gasteiger charge is -2.32. The predicted molar refractivity (Wildman–Crippen MR) is 60.4 cm³/mol. The number of hydrogen-bond acceptors (Lipinski definition) is 1. The van der Waals surface area contributed by atoms with E-state index in [1.54, 1.807) is 0 Å². The molecule has 0 radical (unpaired) electrons. The van der Waals surface area contributed by atoms with E-state index in [-0.39, 0.29) is 17.6 Å². The molecule has 0 aliphatic rings. The molecular weight excluding hydrogens is 176 g/mol. The molecule has 3 nitrogen and oxygen atoms in total. The molecule has 0 atom stereocenters. The van der Waals surface area contributed by atoms with Gasteiger partial charge in [0.05, 0.1) is 0 Å². The lowest BCUT2D eigenvalue weighted by atomic mass is 9.90. The maximum Gasteiger partial charge on any atom is 0.315 e. The van der Waals surface area contributed by atoms with Crippen molar-refractivity contribution in [2.24, 2.45) is 0 Å². The summed E-state index contributed by atoms with van der Waals surface area (Å²) < 4.78 is 0. The second-order valence-electron chi connectivity index (χ2n) is 4.09.